The lowest BCUT2D eigenvalue weighted by Gasteiger charge is -1.98. The van der Waals surface area contributed by atoms with Crippen molar-refractivity contribution in [1.29, 1.82) is 0 Å². The van der Waals surface area contributed by atoms with Gasteiger partial charge >= 0.3 is 0 Å². The van der Waals surface area contributed by atoms with E-state index in [1.807, 2.05) is 6.08 Å². The molecule has 0 aromatic carbocycles. The lowest BCUT2D eigenvalue weighted by molar-refractivity contribution is 0.337. The number of allylic oxidation sites excluding steroid dienone is 5. The van der Waals surface area contributed by atoms with Gasteiger partial charge in [-0.3, -0.25) is 0 Å². The Morgan fingerprint density at radius 1 is 1.13 bits per heavy atom. The maximum atomic E-state index is 4.83. The zero-order valence-electron chi connectivity index (χ0n) is 10.5. The first kappa shape index (κ1) is 14.0. The first-order chi connectivity index (χ1) is 7.20. The van der Waals surface area contributed by atoms with Crippen molar-refractivity contribution < 1.29 is 4.74 Å². The number of rotatable bonds is 7. The standard InChI is InChI=1S/C14H24O/c1-5-13(2)10-8-11-14(3)9-6-7-12-15-4/h7,9-10,12H,5-6,8,11H2,1-4H3/b12-7?,13-10+,14-9+. The fourth-order valence-electron chi connectivity index (χ4n) is 1.21. The minimum atomic E-state index is 0.968. The SMILES string of the molecule is CC/C(C)=C/CC/C(C)=C/CC=COC. The molecule has 0 heterocycles. The van der Waals surface area contributed by atoms with E-state index in [2.05, 4.69) is 32.9 Å². The van der Waals surface area contributed by atoms with Crippen LogP contribution in [0.2, 0.25) is 0 Å². The highest BCUT2D eigenvalue weighted by Crippen LogP contribution is 2.09. The molecule has 0 saturated heterocycles. The second-order valence-corrected chi connectivity index (χ2v) is 3.84. The lowest BCUT2D eigenvalue weighted by atomic mass is 10.1. The largest absolute Gasteiger partial charge is 0.505 e. The molecule has 1 heteroatoms. The molecule has 0 radical (unpaired) electrons. The maximum Gasteiger partial charge on any atom is 0.0787 e. The molecule has 0 rings (SSSR count). The van der Waals surface area contributed by atoms with Gasteiger partial charge in [-0.25, -0.2) is 0 Å². The molecular weight excluding hydrogens is 184 g/mol. The van der Waals surface area contributed by atoms with E-state index in [0.717, 1.165) is 19.3 Å². The van der Waals surface area contributed by atoms with Crippen LogP contribution in [0.1, 0.15) is 46.5 Å². The normalized spacial score (nSPS) is 13.6. The van der Waals surface area contributed by atoms with Crippen molar-refractivity contribution in [2.75, 3.05) is 7.11 Å². The van der Waals surface area contributed by atoms with Gasteiger partial charge in [-0.2, -0.15) is 0 Å². The molecule has 0 aliphatic carbocycles. The molecule has 0 unspecified atom stereocenters. The van der Waals surface area contributed by atoms with E-state index in [1.54, 1.807) is 13.4 Å². The van der Waals surface area contributed by atoms with E-state index in [9.17, 15) is 0 Å². The molecule has 0 bridgehead atoms. The van der Waals surface area contributed by atoms with Gasteiger partial charge in [-0.05, 0) is 45.6 Å². The fourth-order valence-corrected chi connectivity index (χ4v) is 1.21. The number of ether oxygens (including phenoxy) is 1. The van der Waals surface area contributed by atoms with Crippen LogP contribution in [-0.2, 0) is 4.74 Å². The van der Waals surface area contributed by atoms with Crippen LogP contribution in [0.3, 0.4) is 0 Å². The Hall–Kier alpha value is -0.980. The summed E-state index contributed by atoms with van der Waals surface area (Å²) in [4.78, 5) is 0. The zero-order chi connectivity index (χ0) is 11.5. The van der Waals surface area contributed by atoms with Crippen LogP contribution in [-0.4, -0.2) is 7.11 Å². The van der Waals surface area contributed by atoms with Crippen molar-refractivity contribution >= 4 is 0 Å². The average molecular weight is 208 g/mol. The molecule has 0 N–H and O–H groups in total. The van der Waals surface area contributed by atoms with Gasteiger partial charge in [0.1, 0.15) is 0 Å². The highest BCUT2D eigenvalue weighted by atomic mass is 16.5. The van der Waals surface area contributed by atoms with Crippen LogP contribution in [0.15, 0.2) is 35.6 Å². The van der Waals surface area contributed by atoms with Crippen molar-refractivity contribution in [2.24, 2.45) is 0 Å². The molecular formula is C14H24O. The fraction of sp³-hybridized carbons (Fsp3) is 0.571. The predicted molar refractivity (Wildman–Crippen MR) is 67.8 cm³/mol. The van der Waals surface area contributed by atoms with Crippen LogP contribution < -0.4 is 0 Å². The van der Waals surface area contributed by atoms with Crippen LogP contribution in [0.25, 0.3) is 0 Å². The van der Waals surface area contributed by atoms with Crippen LogP contribution in [0.4, 0.5) is 0 Å². The van der Waals surface area contributed by atoms with Crippen molar-refractivity contribution in [3.8, 4) is 0 Å². The maximum absolute atomic E-state index is 4.83. The van der Waals surface area contributed by atoms with Crippen LogP contribution >= 0.6 is 0 Å². The molecule has 86 valence electrons. The Bertz CT molecular complexity index is 234. The summed E-state index contributed by atoms with van der Waals surface area (Å²) < 4.78 is 4.83. The van der Waals surface area contributed by atoms with E-state index in [-0.39, 0.29) is 0 Å². The summed E-state index contributed by atoms with van der Waals surface area (Å²) in [6.45, 7) is 6.58. The summed E-state index contributed by atoms with van der Waals surface area (Å²) in [5.74, 6) is 0. The third-order valence-corrected chi connectivity index (χ3v) is 2.42. The Kier molecular flexibility index (Phi) is 8.95. The molecule has 15 heavy (non-hydrogen) atoms. The highest BCUT2D eigenvalue weighted by Gasteiger charge is 1.88. The molecule has 0 atom stereocenters. The molecule has 0 amide bonds. The lowest BCUT2D eigenvalue weighted by Crippen LogP contribution is -1.78. The van der Waals surface area contributed by atoms with Gasteiger partial charge in [0.15, 0.2) is 0 Å². The average Bonchev–Trinajstić information content (AvgIpc) is 2.24. The van der Waals surface area contributed by atoms with E-state index >= 15 is 0 Å². The van der Waals surface area contributed by atoms with E-state index in [4.69, 9.17) is 4.74 Å². The zero-order valence-corrected chi connectivity index (χ0v) is 10.5. The van der Waals surface area contributed by atoms with E-state index in [0.29, 0.717) is 0 Å². The van der Waals surface area contributed by atoms with Crippen molar-refractivity contribution in [3.05, 3.63) is 35.6 Å². The second kappa shape index (κ2) is 9.57. The summed E-state index contributed by atoms with van der Waals surface area (Å²) in [6, 6.07) is 0. The quantitative estimate of drug-likeness (QED) is 0.438. The molecule has 0 aliphatic heterocycles. The molecule has 1 nitrogen and oxygen atoms in total. The van der Waals surface area contributed by atoms with Crippen molar-refractivity contribution in [3.63, 3.8) is 0 Å². The van der Waals surface area contributed by atoms with Crippen LogP contribution in [0, 0.1) is 0 Å². The van der Waals surface area contributed by atoms with Crippen molar-refractivity contribution in [2.45, 2.75) is 46.5 Å². The number of hydrogen-bond acceptors (Lipinski definition) is 1. The van der Waals surface area contributed by atoms with Crippen LogP contribution in [0.5, 0.6) is 0 Å². The smallest absolute Gasteiger partial charge is 0.0787 e. The van der Waals surface area contributed by atoms with Gasteiger partial charge in [-0.1, -0.05) is 30.2 Å². The molecule has 0 saturated carbocycles. The Labute approximate surface area is 94.5 Å². The first-order valence-corrected chi connectivity index (χ1v) is 5.69. The third kappa shape index (κ3) is 9.33. The van der Waals surface area contributed by atoms with Gasteiger partial charge in [0.2, 0.25) is 0 Å². The first-order valence-electron chi connectivity index (χ1n) is 5.69. The Morgan fingerprint density at radius 3 is 2.47 bits per heavy atom. The molecule has 0 spiro atoms. The summed E-state index contributed by atoms with van der Waals surface area (Å²) in [7, 11) is 1.67. The molecule has 0 aromatic heterocycles. The second-order valence-electron chi connectivity index (χ2n) is 3.84. The highest BCUT2D eigenvalue weighted by molar-refractivity contribution is 5.04. The van der Waals surface area contributed by atoms with E-state index in [1.165, 1.54) is 17.6 Å². The minimum Gasteiger partial charge on any atom is -0.505 e. The van der Waals surface area contributed by atoms with Gasteiger partial charge < -0.3 is 4.74 Å². The molecule has 0 aromatic rings. The van der Waals surface area contributed by atoms with Gasteiger partial charge in [-0.15, -0.1) is 0 Å². The molecule has 0 fully saturated rings. The third-order valence-electron chi connectivity index (χ3n) is 2.42. The molecule has 0 aliphatic rings. The number of hydrogen-bond donors (Lipinski definition) is 0. The summed E-state index contributed by atoms with van der Waals surface area (Å²) >= 11 is 0. The van der Waals surface area contributed by atoms with Crippen molar-refractivity contribution in [1.82, 2.24) is 0 Å². The Balaban J connectivity index is 3.73. The van der Waals surface area contributed by atoms with Gasteiger partial charge in [0.05, 0.1) is 13.4 Å². The minimum absolute atomic E-state index is 0.968. The van der Waals surface area contributed by atoms with E-state index < -0.39 is 0 Å². The monoisotopic (exact) mass is 208 g/mol. The van der Waals surface area contributed by atoms with Gasteiger partial charge in [0.25, 0.3) is 0 Å². The summed E-state index contributed by atoms with van der Waals surface area (Å²) in [6.07, 6.45) is 12.8. The van der Waals surface area contributed by atoms with Gasteiger partial charge in [0, 0.05) is 0 Å². The summed E-state index contributed by atoms with van der Waals surface area (Å²) in [5.41, 5.74) is 2.94. The Morgan fingerprint density at radius 2 is 1.87 bits per heavy atom. The summed E-state index contributed by atoms with van der Waals surface area (Å²) in [5, 5.41) is 0. The topological polar surface area (TPSA) is 9.23 Å². The predicted octanol–water partition coefficient (Wildman–Crippen LogP) is 4.62. The number of methoxy groups -OCH3 is 1.